The Morgan fingerprint density at radius 3 is 2.46 bits per heavy atom. The molecule has 2 N–H and O–H groups in total. The van der Waals surface area contributed by atoms with Gasteiger partial charge in [-0.1, -0.05) is 54.1 Å². The molecule has 236 valence electrons. The zero-order valence-electron chi connectivity index (χ0n) is 24.4. The van der Waals surface area contributed by atoms with Gasteiger partial charge in [-0.05, 0) is 73.0 Å². The molecule has 0 aliphatic rings. The summed E-state index contributed by atoms with van der Waals surface area (Å²) in [5.74, 6) is -1.08. The van der Waals surface area contributed by atoms with Crippen LogP contribution >= 0.6 is 22.9 Å². The Morgan fingerprint density at radius 2 is 1.70 bits per heavy atom. The summed E-state index contributed by atoms with van der Waals surface area (Å²) in [5.41, 5.74) is 3.18. The molecule has 9 nitrogen and oxygen atoms in total. The van der Waals surface area contributed by atoms with E-state index in [1.807, 2.05) is 35.7 Å². The standard InChI is InChI=1S/C34H29ClN2O7S2/c35-26-12-14-28(15-13-26)46(41,42)17-5-6-23-11-16-31(44-21-33(38)39)29(18-23)37-34(40)25-9-4-10-27(19-25)43-20-32-36-30(22-45-32)24-7-2-1-3-8-24/h1-4,7-16,18-19,22H,5-6,17,20-21H2,(H,37,40)(H,38,39). The van der Waals surface area contributed by atoms with Crippen molar-refractivity contribution in [3.63, 3.8) is 0 Å². The number of hydrogen-bond acceptors (Lipinski definition) is 8. The van der Waals surface area contributed by atoms with Gasteiger partial charge in [-0.3, -0.25) is 4.79 Å². The third-order valence-electron chi connectivity index (χ3n) is 6.77. The quantitative estimate of drug-likeness (QED) is 0.127. The number of rotatable bonds is 14. The van der Waals surface area contributed by atoms with Crippen molar-refractivity contribution in [1.82, 2.24) is 4.98 Å². The molecule has 1 aromatic heterocycles. The molecule has 0 aliphatic heterocycles. The van der Waals surface area contributed by atoms with E-state index in [0.717, 1.165) is 21.8 Å². The number of nitrogens with one attached hydrogen (secondary N) is 1. The molecular weight excluding hydrogens is 648 g/mol. The predicted octanol–water partition coefficient (Wildman–Crippen LogP) is 7.16. The first kappa shape index (κ1) is 32.7. The highest BCUT2D eigenvalue weighted by Gasteiger charge is 2.16. The number of anilines is 1. The summed E-state index contributed by atoms with van der Waals surface area (Å²) < 4.78 is 36.8. The molecule has 0 bridgehead atoms. The SMILES string of the molecule is O=C(O)COc1ccc(CCCS(=O)(=O)c2ccc(Cl)cc2)cc1NC(=O)c1cccc(OCc2nc(-c3ccccc3)cs2)c1. The van der Waals surface area contributed by atoms with E-state index >= 15 is 0 Å². The second kappa shape index (κ2) is 15.0. The number of benzene rings is 4. The maximum Gasteiger partial charge on any atom is 0.341 e. The number of aryl methyl sites for hydroxylation is 1. The summed E-state index contributed by atoms with van der Waals surface area (Å²) in [6.07, 6.45) is 0.708. The first-order valence-electron chi connectivity index (χ1n) is 14.2. The number of hydrogen-bond donors (Lipinski definition) is 2. The van der Waals surface area contributed by atoms with Crippen molar-refractivity contribution < 1.29 is 32.6 Å². The fourth-order valence-corrected chi connectivity index (χ4v) is 6.66. The highest BCUT2D eigenvalue weighted by Crippen LogP contribution is 2.29. The van der Waals surface area contributed by atoms with Gasteiger partial charge in [0.1, 0.15) is 23.1 Å². The highest BCUT2D eigenvalue weighted by molar-refractivity contribution is 7.91. The van der Waals surface area contributed by atoms with Crippen LogP contribution < -0.4 is 14.8 Å². The zero-order chi connectivity index (χ0) is 32.5. The third-order valence-corrected chi connectivity index (χ3v) is 9.67. The van der Waals surface area contributed by atoms with Crippen LogP contribution in [0.2, 0.25) is 5.02 Å². The van der Waals surface area contributed by atoms with Gasteiger partial charge in [0, 0.05) is 21.5 Å². The van der Waals surface area contributed by atoms with Crippen LogP contribution in [0.1, 0.15) is 27.3 Å². The molecule has 0 aliphatic carbocycles. The first-order valence-corrected chi connectivity index (χ1v) is 17.1. The molecule has 0 spiro atoms. The van der Waals surface area contributed by atoms with Crippen LogP contribution in [0, 0.1) is 0 Å². The van der Waals surface area contributed by atoms with Crippen LogP contribution in [-0.4, -0.2) is 42.7 Å². The van der Waals surface area contributed by atoms with E-state index in [4.69, 9.17) is 26.2 Å². The van der Waals surface area contributed by atoms with Crippen LogP contribution in [0.4, 0.5) is 5.69 Å². The number of sulfone groups is 1. The molecular formula is C34H29ClN2O7S2. The van der Waals surface area contributed by atoms with E-state index in [2.05, 4.69) is 10.3 Å². The summed E-state index contributed by atoms with van der Waals surface area (Å²) in [4.78, 5) is 29.3. The topological polar surface area (TPSA) is 132 Å². The predicted molar refractivity (Wildman–Crippen MR) is 178 cm³/mol. The summed E-state index contributed by atoms with van der Waals surface area (Å²) >= 11 is 7.36. The molecule has 1 amide bonds. The minimum absolute atomic E-state index is 0.0884. The normalized spacial score (nSPS) is 11.2. The molecule has 0 saturated heterocycles. The summed E-state index contributed by atoms with van der Waals surface area (Å²) in [6.45, 7) is -0.376. The molecule has 4 aromatic carbocycles. The van der Waals surface area contributed by atoms with E-state index in [1.165, 1.54) is 35.6 Å². The number of aromatic nitrogens is 1. The maximum absolute atomic E-state index is 13.3. The van der Waals surface area contributed by atoms with Crippen molar-refractivity contribution in [2.24, 2.45) is 0 Å². The minimum Gasteiger partial charge on any atom is -0.486 e. The number of aliphatic carboxylic acids is 1. The second-order valence-electron chi connectivity index (χ2n) is 10.2. The van der Waals surface area contributed by atoms with Crippen molar-refractivity contribution in [2.45, 2.75) is 24.3 Å². The van der Waals surface area contributed by atoms with E-state index in [-0.39, 0.29) is 28.7 Å². The Balaban J connectivity index is 1.24. The fraction of sp³-hybridized carbons (Fsp3) is 0.147. The summed E-state index contributed by atoms with van der Waals surface area (Å²) in [6, 6.07) is 27.4. The van der Waals surface area contributed by atoms with Gasteiger partial charge in [0.05, 0.1) is 22.0 Å². The number of nitrogens with zero attached hydrogens (tertiary/aromatic N) is 1. The number of thiazole rings is 1. The lowest BCUT2D eigenvalue weighted by atomic mass is 10.1. The number of amides is 1. The summed E-state index contributed by atoms with van der Waals surface area (Å²) in [7, 11) is -3.51. The molecule has 0 atom stereocenters. The minimum atomic E-state index is -3.51. The van der Waals surface area contributed by atoms with Gasteiger partial charge in [0.15, 0.2) is 16.4 Å². The lowest BCUT2D eigenvalue weighted by Crippen LogP contribution is -2.15. The van der Waals surface area contributed by atoms with Gasteiger partial charge in [0.2, 0.25) is 0 Å². The number of carbonyl (C=O) groups is 2. The zero-order valence-corrected chi connectivity index (χ0v) is 26.8. The molecule has 46 heavy (non-hydrogen) atoms. The Kier molecular flexibility index (Phi) is 10.7. The number of carboxylic acids is 1. The molecule has 12 heteroatoms. The van der Waals surface area contributed by atoms with Crippen LogP contribution in [0.15, 0.2) is 107 Å². The van der Waals surface area contributed by atoms with Crippen LogP contribution in [-0.2, 0) is 27.7 Å². The van der Waals surface area contributed by atoms with E-state index in [1.54, 1.807) is 42.5 Å². The van der Waals surface area contributed by atoms with Crippen molar-refractivity contribution in [1.29, 1.82) is 0 Å². The van der Waals surface area contributed by atoms with E-state index < -0.39 is 28.3 Å². The Hall–Kier alpha value is -4.71. The van der Waals surface area contributed by atoms with Gasteiger partial charge < -0.3 is 19.9 Å². The largest absolute Gasteiger partial charge is 0.486 e. The molecule has 5 rings (SSSR count). The second-order valence-corrected chi connectivity index (χ2v) is 13.6. The number of carboxylic acid groups (broad SMARTS) is 1. The molecule has 5 aromatic rings. The molecule has 0 fully saturated rings. The first-order chi connectivity index (χ1) is 22.2. The van der Waals surface area contributed by atoms with Crippen LogP contribution in [0.3, 0.4) is 0 Å². The Bertz CT molecular complexity index is 1930. The van der Waals surface area contributed by atoms with Crippen molar-refractivity contribution in [3.05, 3.63) is 124 Å². The number of halogens is 1. The fourth-order valence-electron chi connectivity index (χ4n) is 4.51. The van der Waals surface area contributed by atoms with Crippen LogP contribution in [0.5, 0.6) is 11.5 Å². The maximum atomic E-state index is 13.3. The van der Waals surface area contributed by atoms with Gasteiger partial charge in [-0.2, -0.15) is 0 Å². The molecule has 1 heterocycles. The van der Waals surface area contributed by atoms with Crippen molar-refractivity contribution >= 4 is 50.3 Å². The lowest BCUT2D eigenvalue weighted by Gasteiger charge is -2.14. The van der Waals surface area contributed by atoms with Gasteiger partial charge in [0.25, 0.3) is 5.91 Å². The Morgan fingerprint density at radius 1 is 0.913 bits per heavy atom. The monoisotopic (exact) mass is 676 g/mol. The lowest BCUT2D eigenvalue weighted by molar-refractivity contribution is -0.139. The van der Waals surface area contributed by atoms with Gasteiger partial charge in [-0.25, -0.2) is 18.2 Å². The average Bonchev–Trinajstić information content (AvgIpc) is 3.53. The Labute approximate surface area is 275 Å². The molecule has 0 radical (unpaired) electrons. The van der Waals surface area contributed by atoms with Crippen molar-refractivity contribution in [3.8, 4) is 22.8 Å². The van der Waals surface area contributed by atoms with Crippen molar-refractivity contribution in [2.75, 3.05) is 17.7 Å². The average molecular weight is 677 g/mol. The molecule has 0 unspecified atom stereocenters. The number of carbonyl (C=O) groups excluding carboxylic acids is 1. The summed E-state index contributed by atoms with van der Waals surface area (Å²) in [5, 5.41) is 15.1. The number of ether oxygens (including phenoxy) is 2. The van der Waals surface area contributed by atoms with Crippen LogP contribution in [0.25, 0.3) is 11.3 Å². The van der Waals surface area contributed by atoms with Gasteiger partial charge >= 0.3 is 5.97 Å². The van der Waals surface area contributed by atoms with E-state index in [0.29, 0.717) is 29.2 Å². The van der Waals surface area contributed by atoms with Gasteiger partial charge in [-0.15, -0.1) is 11.3 Å². The smallest absolute Gasteiger partial charge is 0.341 e. The highest BCUT2D eigenvalue weighted by atomic mass is 35.5. The van der Waals surface area contributed by atoms with E-state index in [9.17, 15) is 18.0 Å². The molecule has 0 saturated carbocycles. The third kappa shape index (κ3) is 8.94.